The van der Waals surface area contributed by atoms with Crippen LogP contribution in [-0.4, -0.2) is 13.1 Å². The average molecular weight is 326 g/mol. The minimum absolute atomic E-state index is 0.558. The standard InChI is InChI=1S/C21H41O2/c1-3-5-7-9-11-12-14-16-18-21(19-23-20-22)17-15-13-10-8-6-4-2/h21H,3-19H2,1-2H3. The molecule has 0 aromatic heterocycles. The Morgan fingerprint density at radius 2 is 1.04 bits per heavy atom. The Hall–Kier alpha value is -0.530. The van der Waals surface area contributed by atoms with Crippen LogP contribution >= 0.6 is 0 Å². The van der Waals surface area contributed by atoms with Gasteiger partial charge in [0.1, 0.15) is 0 Å². The van der Waals surface area contributed by atoms with E-state index in [1.807, 2.05) is 0 Å². The van der Waals surface area contributed by atoms with Crippen LogP contribution in [0.2, 0.25) is 0 Å². The Balaban J connectivity index is 3.56. The van der Waals surface area contributed by atoms with Crippen molar-refractivity contribution in [2.24, 2.45) is 5.92 Å². The molecular formula is C21H41O2. The molecule has 0 saturated carbocycles. The molecular weight excluding hydrogens is 284 g/mol. The molecule has 0 aromatic rings. The van der Waals surface area contributed by atoms with Crippen LogP contribution in [0.1, 0.15) is 117 Å². The highest BCUT2D eigenvalue weighted by Gasteiger charge is 2.09. The lowest BCUT2D eigenvalue weighted by Gasteiger charge is -2.15. The van der Waals surface area contributed by atoms with Crippen molar-refractivity contribution in [3.8, 4) is 0 Å². The lowest BCUT2D eigenvalue weighted by Crippen LogP contribution is -2.09. The van der Waals surface area contributed by atoms with E-state index in [2.05, 4.69) is 13.8 Å². The molecule has 0 saturated heterocycles. The molecule has 0 bridgehead atoms. The number of rotatable bonds is 19. The van der Waals surface area contributed by atoms with E-state index in [1.165, 1.54) is 103 Å². The Morgan fingerprint density at radius 1 is 0.652 bits per heavy atom. The van der Waals surface area contributed by atoms with Gasteiger partial charge in [0.25, 0.3) is 0 Å². The predicted molar refractivity (Wildman–Crippen MR) is 100 cm³/mol. The van der Waals surface area contributed by atoms with Gasteiger partial charge in [0, 0.05) is 0 Å². The van der Waals surface area contributed by atoms with Gasteiger partial charge in [0.05, 0.1) is 6.61 Å². The van der Waals surface area contributed by atoms with Crippen LogP contribution in [0, 0.1) is 5.92 Å². The van der Waals surface area contributed by atoms with Crippen molar-refractivity contribution in [2.75, 3.05) is 6.61 Å². The predicted octanol–water partition coefficient (Wildman–Crippen LogP) is 6.97. The summed E-state index contributed by atoms with van der Waals surface area (Å²) in [7, 11) is 0. The zero-order valence-electron chi connectivity index (χ0n) is 15.9. The van der Waals surface area contributed by atoms with E-state index in [4.69, 9.17) is 4.74 Å². The van der Waals surface area contributed by atoms with Crippen molar-refractivity contribution in [3.63, 3.8) is 0 Å². The van der Waals surface area contributed by atoms with Gasteiger partial charge in [0.15, 0.2) is 0 Å². The van der Waals surface area contributed by atoms with Crippen LogP contribution in [0.25, 0.3) is 0 Å². The number of carbonyl (C=O) groups excluding carboxylic acids is 1. The fourth-order valence-corrected chi connectivity index (χ4v) is 3.24. The Kier molecular flexibility index (Phi) is 19.1. The van der Waals surface area contributed by atoms with Crippen molar-refractivity contribution in [3.05, 3.63) is 0 Å². The van der Waals surface area contributed by atoms with E-state index in [0.717, 1.165) is 0 Å². The molecule has 0 heterocycles. The van der Waals surface area contributed by atoms with Gasteiger partial charge in [-0.3, -0.25) is 0 Å². The second-order valence-electron chi connectivity index (χ2n) is 7.08. The van der Waals surface area contributed by atoms with E-state index in [-0.39, 0.29) is 0 Å². The Morgan fingerprint density at radius 3 is 1.43 bits per heavy atom. The smallest absolute Gasteiger partial charge is 0.417 e. The van der Waals surface area contributed by atoms with Crippen molar-refractivity contribution >= 4 is 6.47 Å². The molecule has 23 heavy (non-hydrogen) atoms. The summed E-state index contributed by atoms with van der Waals surface area (Å²) in [5, 5.41) is 0. The largest absolute Gasteiger partial charge is 0.457 e. The number of hydrogen-bond acceptors (Lipinski definition) is 2. The van der Waals surface area contributed by atoms with Crippen LogP contribution in [0.4, 0.5) is 0 Å². The zero-order chi connectivity index (χ0) is 17.0. The Bertz CT molecular complexity index is 228. The number of unbranched alkanes of at least 4 members (excludes halogenated alkanes) is 12. The van der Waals surface area contributed by atoms with Crippen molar-refractivity contribution in [1.82, 2.24) is 0 Å². The molecule has 0 aliphatic heterocycles. The maximum Gasteiger partial charge on any atom is 0.417 e. The van der Waals surface area contributed by atoms with Crippen LogP contribution < -0.4 is 0 Å². The highest BCUT2D eigenvalue weighted by Crippen LogP contribution is 2.19. The summed E-state index contributed by atoms with van der Waals surface area (Å²) in [4.78, 5) is 10.3. The molecule has 0 aliphatic carbocycles. The van der Waals surface area contributed by atoms with Crippen molar-refractivity contribution in [2.45, 2.75) is 117 Å². The van der Waals surface area contributed by atoms with Gasteiger partial charge in [-0.2, -0.15) is 0 Å². The fraction of sp³-hybridized carbons (Fsp3) is 0.952. The van der Waals surface area contributed by atoms with Gasteiger partial charge in [0.2, 0.25) is 0 Å². The topological polar surface area (TPSA) is 26.3 Å². The number of hydrogen-bond donors (Lipinski definition) is 0. The van der Waals surface area contributed by atoms with E-state index in [1.54, 1.807) is 6.47 Å². The van der Waals surface area contributed by atoms with Crippen LogP contribution in [0.5, 0.6) is 0 Å². The van der Waals surface area contributed by atoms with Gasteiger partial charge in [-0.05, 0) is 18.8 Å². The summed E-state index contributed by atoms with van der Waals surface area (Å²) < 4.78 is 4.91. The molecule has 1 unspecified atom stereocenters. The quantitative estimate of drug-likeness (QED) is 0.240. The van der Waals surface area contributed by atoms with Gasteiger partial charge in [-0.25, -0.2) is 4.79 Å². The van der Waals surface area contributed by atoms with E-state index < -0.39 is 0 Å². The highest BCUT2D eigenvalue weighted by molar-refractivity contribution is 5.38. The molecule has 1 radical (unpaired) electrons. The van der Waals surface area contributed by atoms with Gasteiger partial charge in [-0.1, -0.05) is 104 Å². The molecule has 0 spiro atoms. The van der Waals surface area contributed by atoms with Crippen molar-refractivity contribution in [1.29, 1.82) is 0 Å². The van der Waals surface area contributed by atoms with Crippen LogP contribution in [0.15, 0.2) is 0 Å². The summed E-state index contributed by atoms with van der Waals surface area (Å²) in [6, 6.07) is 0. The second-order valence-corrected chi connectivity index (χ2v) is 7.08. The summed E-state index contributed by atoms with van der Waals surface area (Å²) in [6.07, 6.45) is 21.4. The fourth-order valence-electron chi connectivity index (χ4n) is 3.24. The molecule has 2 heteroatoms. The van der Waals surface area contributed by atoms with Gasteiger partial charge in [-0.15, -0.1) is 0 Å². The molecule has 0 aliphatic rings. The lowest BCUT2D eigenvalue weighted by atomic mass is 9.94. The second kappa shape index (κ2) is 19.5. The first-order valence-corrected chi connectivity index (χ1v) is 10.3. The summed E-state index contributed by atoms with van der Waals surface area (Å²) >= 11 is 0. The van der Waals surface area contributed by atoms with Crippen LogP contribution in [-0.2, 0) is 9.53 Å². The monoisotopic (exact) mass is 325 g/mol. The summed E-state index contributed by atoms with van der Waals surface area (Å²) in [5.74, 6) is 0.558. The molecule has 0 amide bonds. The molecule has 1 atom stereocenters. The lowest BCUT2D eigenvalue weighted by molar-refractivity contribution is 0.202. The Labute approximate surface area is 145 Å². The summed E-state index contributed by atoms with van der Waals surface area (Å²) in [6.45, 7) is 6.70. The van der Waals surface area contributed by atoms with Crippen molar-refractivity contribution < 1.29 is 9.53 Å². The minimum atomic E-state index is 0.558. The van der Waals surface area contributed by atoms with E-state index >= 15 is 0 Å². The van der Waals surface area contributed by atoms with Crippen LogP contribution in [0.3, 0.4) is 0 Å². The molecule has 0 rings (SSSR count). The van der Waals surface area contributed by atoms with Gasteiger partial charge < -0.3 is 4.74 Å². The van der Waals surface area contributed by atoms with Gasteiger partial charge >= 0.3 is 6.47 Å². The molecule has 0 N–H and O–H groups in total. The number of ether oxygens (including phenoxy) is 1. The first kappa shape index (κ1) is 22.5. The van der Waals surface area contributed by atoms with E-state index in [9.17, 15) is 4.79 Å². The maximum atomic E-state index is 10.3. The first-order valence-electron chi connectivity index (χ1n) is 10.3. The third-order valence-electron chi connectivity index (χ3n) is 4.81. The normalized spacial score (nSPS) is 12.3. The summed E-state index contributed by atoms with van der Waals surface area (Å²) in [5.41, 5.74) is 0. The third kappa shape index (κ3) is 17.7. The third-order valence-corrected chi connectivity index (χ3v) is 4.81. The zero-order valence-corrected chi connectivity index (χ0v) is 15.9. The average Bonchev–Trinajstić information content (AvgIpc) is 2.57. The SMILES string of the molecule is CCCCCCCCCCC(CCCCCCCC)CO[C]=O. The minimum Gasteiger partial charge on any atom is -0.457 e. The highest BCUT2D eigenvalue weighted by atomic mass is 16.5. The maximum absolute atomic E-state index is 10.3. The van der Waals surface area contributed by atoms with E-state index in [0.29, 0.717) is 12.5 Å². The molecule has 2 nitrogen and oxygen atoms in total. The molecule has 137 valence electrons. The first-order chi connectivity index (χ1) is 11.3. The molecule has 0 aromatic carbocycles. The molecule has 0 fully saturated rings.